The molecule has 17 heavy (non-hydrogen) atoms. The molecule has 0 aliphatic rings. The number of hydrogen-bond donors (Lipinski definition) is 3. The summed E-state index contributed by atoms with van der Waals surface area (Å²) in [6.45, 7) is 3.84. The highest BCUT2D eigenvalue weighted by Gasteiger charge is 2.28. The molecule has 0 aliphatic carbocycles. The van der Waals surface area contributed by atoms with E-state index < -0.39 is 5.54 Å². The van der Waals surface area contributed by atoms with Gasteiger partial charge < -0.3 is 16.2 Å². The molecule has 4 nitrogen and oxygen atoms in total. The Balaban J connectivity index is 0. The quantitative estimate of drug-likeness (QED) is 0.625. The molecule has 0 rings (SSSR count). The Labute approximate surface area is 115 Å². The highest BCUT2D eigenvalue weighted by atomic mass is 35.5. The van der Waals surface area contributed by atoms with E-state index in [0.29, 0.717) is 12.8 Å². The molecule has 1 amide bonds. The smallest absolute Gasteiger partial charge is 0.240 e. The third-order valence-electron chi connectivity index (χ3n) is 2.47. The van der Waals surface area contributed by atoms with E-state index in [1.807, 2.05) is 13.2 Å². The Morgan fingerprint density at radius 1 is 1.59 bits per heavy atom. The summed E-state index contributed by atoms with van der Waals surface area (Å²) in [7, 11) is 0. The molecule has 0 saturated carbocycles. The van der Waals surface area contributed by atoms with Crippen molar-refractivity contribution in [2.45, 2.75) is 44.7 Å². The monoisotopic (exact) mass is 284 g/mol. The number of amides is 1. The number of nitrogens with two attached hydrogens (primary N) is 1. The lowest BCUT2D eigenvalue weighted by Crippen LogP contribution is -2.54. The van der Waals surface area contributed by atoms with Crippen molar-refractivity contribution in [2.24, 2.45) is 5.73 Å². The number of rotatable bonds is 8. The van der Waals surface area contributed by atoms with Crippen LogP contribution in [0.3, 0.4) is 0 Å². The molecule has 4 N–H and O–H groups in total. The Bertz CT molecular complexity index is 210. The molecule has 0 aromatic rings. The van der Waals surface area contributed by atoms with Crippen molar-refractivity contribution in [2.75, 3.05) is 18.6 Å². The number of aliphatic hydroxyl groups is 1. The van der Waals surface area contributed by atoms with Crippen LogP contribution in [0, 0.1) is 0 Å². The second-order valence-electron chi connectivity index (χ2n) is 4.31. The van der Waals surface area contributed by atoms with Crippen LogP contribution in [0.1, 0.15) is 33.1 Å². The minimum Gasteiger partial charge on any atom is -0.396 e. The molecule has 0 bridgehead atoms. The Kier molecular flexibility index (Phi) is 11.4. The molecule has 104 valence electrons. The van der Waals surface area contributed by atoms with Gasteiger partial charge in [-0.1, -0.05) is 13.3 Å². The van der Waals surface area contributed by atoms with Crippen molar-refractivity contribution in [3.05, 3.63) is 0 Å². The maximum absolute atomic E-state index is 11.9. The lowest BCUT2D eigenvalue weighted by Gasteiger charge is -2.26. The van der Waals surface area contributed by atoms with E-state index in [9.17, 15) is 4.79 Å². The molecule has 6 heteroatoms. The fourth-order valence-corrected chi connectivity index (χ4v) is 2.19. The molecular formula is C11H25ClN2O2S. The van der Waals surface area contributed by atoms with E-state index in [-0.39, 0.29) is 31.0 Å². The first-order valence-corrected chi connectivity index (χ1v) is 7.07. The summed E-state index contributed by atoms with van der Waals surface area (Å²) in [6, 6.07) is 0.00670. The van der Waals surface area contributed by atoms with Crippen molar-refractivity contribution >= 4 is 30.1 Å². The van der Waals surface area contributed by atoms with Crippen molar-refractivity contribution in [1.82, 2.24) is 5.32 Å². The topological polar surface area (TPSA) is 75.4 Å². The second-order valence-corrected chi connectivity index (χ2v) is 5.22. The van der Waals surface area contributed by atoms with Gasteiger partial charge in [-0.25, -0.2) is 0 Å². The van der Waals surface area contributed by atoms with Crippen LogP contribution in [-0.4, -0.2) is 41.2 Å². The zero-order valence-corrected chi connectivity index (χ0v) is 12.5. The highest BCUT2D eigenvalue weighted by Crippen LogP contribution is 2.10. The number of aliphatic hydroxyl groups excluding tert-OH is 1. The SMILES string of the molecule is CCCC(C)(N)C(=O)NC(CCO)CSC.Cl. The van der Waals surface area contributed by atoms with Crippen LogP contribution < -0.4 is 11.1 Å². The number of carbonyl (C=O) groups is 1. The number of hydrogen-bond acceptors (Lipinski definition) is 4. The first kappa shape index (κ1) is 19.4. The minimum absolute atomic E-state index is 0. The summed E-state index contributed by atoms with van der Waals surface area (Å²) >= 11 is 1.65. The molecule has 2 unspecified atom stereocenters. The van der Waals surface area contributed by atoms with Gasteiger partial charge in [-0.3, -0.25) is 4.79 Å². The number of thioether (sulfide) groups is 1. The van der Waals surface area contributed by atoms with Crippen LogP contribution in [0.2, 0.25) is 0 Å². The number of nitrogens with one attached hydrogen (secondary N) is 1. The van der Waals surface area contributed by atoms with Crippen molar-refractivity contribution < 1.29 is 9.90 Å². The van der Waals surface area contributed by atoms with Gasteiger partial charge in [0.15, 0.2) is 0 Å². The minimum atomic E-state index is -0.805. The average Bonchev–Trinajstić information content (AvgIpc) is 2.18. The molecule has 0 spiro atoms. The van der Waals surface area contributed by atoms with E-state index in [1.54, 1.807) is 18.7 Å². The largest absolute Gasteiger partial charge is 0.396 e. The predicted octanol–water partition coefficient (Wildman–Crippen LogP) is 1.16. The highest BCUT2D eigenvalue weighted by molar-refractivity contribution is 7.98. The van der Waals surface area contributed by atoms with Gasteiger partial charge >= 0.3 is 0 Å². The molecule has 0 radical (unpaired) electrons. The van der Waals surface area contributed by atoms with Crippen molar-refractivity contribution in [3.63, 3.8) is 0 Å². The fraction of sp³-hybridized carbons (Fsp3) is 0.909. The van der Waals surface area contributed by atoms with Crippen LogP contribution in [0.4, 0.5) is 0 Å². The third kappa shape index (κ3) is 7.86. The maximum Gasteiger partial charge on any atom is 0.240 e. The van der Waals surface area contributed by atoms with Gasteiger partial charge in [0.1, 0.15) is 0 Å². The standard InChI is InChI=1S/C11H24N2O2S.ClH/c1-4-6-11(2,12)10(15)13-9(5-7-14)8-16-3;/h9,14H,4-8,12H2,1-3H3,(H,13,15);1H. The summed E-state index contributed by atoms with van der Waals surface area (Å²) < 4.78 is 0. The normalized spacial score (nSPS) is 15.6. The van der Waals surface area contributed by atoms with E-state index in [4.69, 9.17) is 10.8 Å². The third-order valence-corrected chi connectivity index (χ3v) is 3.20. The van der Waals surface area contributed by atoms with E-state index in [2.05, 4.69) is 5.32 Å². The maximum atomic E-state index is 11.9. The summed E-state index contributed by atoms with van der Waals surface area (Å²) in [5.41, 5.74) is 5.13. The Morgan fingerprint density at radius 2 is 2.18 bits per heavy atom. The van der Waals surface area contributed by atoms with Gasteiger partial charge in [-0.2, -0.15) is 11.8 Å². The molecule has 0 heterocycles. The zero-order chi connectivity index (χ0) is 12.6. The molecule has 0 aromatic carbocycles. The fourth-order valence-electron chi connectivity index (χ4n) is 1.54. The van der Waals surface area contributed by atoms with E-state index >= 15 is 0 Å². The van der Waals surface area contributed by atoms with Crippen LogP contribution in [0.15, 0.2) is 0 Å². The summed E-state index contributed by atoms with van der Waals surface area (Å²) in [5, 5.41) is 11.8. The van der Waals surface area contributed by atoms with Gasteiger partial charge in [-0.05, 0) is 26.0 Å². The molecular weight excluding hydrogens is 260 g/mol. The van der Waals surface area contributed by atoms with Gasteiger partial charge in [-0.15, -0.1) is 12.4 Å². The first-order chi connectivity index (χ1) is 7.47. The predicted molar refractivity (Wildman–Crippen MR) is 76.8 cm³/mol. The number of carbonyl (C=O) groups excluding carboxylic acids is 1. The van der Waals surface area contributed by atoms with E-state index in [1.165, 1.54) is 0 Å². The van der Waals surface area contributed by atoms with Crippen LogP contribution in [-0.2, 0) is 4.79 Å². The van der Waals surface area contributed by atoms with Crippen LogP contribution in [0.25, 0.3) is 0 Å². The Hall–Kier alpha value is 0.0300. The first-order valence-electron chi connectivity index (χ1n) is 5.67. The lowest BCUT2D eigenvalue weighted by atomic mass is 9.96. The molecule has 0 aromatic heterocycles. The number of halogens is 1. The molecule has 0 aliphatic heterocycles. The van der Waals surface area contributed by atoms with Gasteiger partial charge in [0.05, 0.1) is 5.54 Å². The van der Waals surface area contributed by atoms with E-state index in [0.717, 1.165) is 12.2 Å². The van der Waals surface area contributed by atoms with Crippen molar-refractivity contribution in [1.29, 1.82) is 0 Å². The van der Waals surface area contributed by atoms with Crippen LogP contribution in [0.5, 0.6) is 0 Å². The zero-order valence-electron chi connectivity index (χ0n) is 10.9. The summed E-state index contributed by atoms with van der Waals surface area (Å²) in [6.07, 6.45) is 4.11. The molecule has 2 atom stereocenters. The van der Waals surface area contributed by atoms with Gasteiger partial charge in [0.25, 0.3) is 0 Å². The molecule has 0 fully saturated rings. The summed E-state index contributed by atoms with van der Waals surface area (Å²) in [4.78, 5) is 11.9. The van der Waals surface area contributed by atoms with Gasteiger partial charge in [0.2, 0.25) is 5.91 Å². The lowest BCUT2D eigenvalue weighted by molar-refractivity contribution is -0.126. The van der Waals surface area contributed by atoms with Crippen LogP contribution >= 0.6 is 24.2 Å². The summed E-state index contributed by atoms with van der Waals surface area (Å²) in [5.74, 6) is 0.677. The van der Waals surface area contributed by atoms with Crippen molar-refractivity contribution in [3.8, 4) is 0 Å². The Morgan fingerprint density at radius 3 is 2.59 bits per heavy atom. The second kappa shape index (κ2) is 10.00. The average molecular weight is 285 g/mol. The van der Waals surface area contributed by atoms with Gasteiger partial charge in [0, 0.05) is 18.4 Å². The molecule has 0 saturated heterocycles.